The SMILES string of the molecule is CC(C)c1ccc(C(=O)NCC2CCCC2Cl)cc1. The molecule has 2 nitrogen and oxygen atoms in total. The van der Waals surface area contributed by atoms with E-state index in [0.29, 0.717) is 18.4 Å². The van der Waals surface area contributed by atoms with Crippen molar-refractivity contribution < 1.29 is 4.79 Å². The van der Waals surface area contributed by atoms with Crippen LogP contribution in [-0.2, 0) is 0 Å². The predicted molar refractivity (Wildman–Crippen MR) is 79.8 cm³/mol. The highest BCUT2D eigenvalue weighted by atomic mass is 35.5. The van der Waals surface area contributed by atoms with Crippen molar-refractivity contribution in [1.82, 2.24) is 5.32 Å². The number of hydrogen-bond donors (Lipinski definition) is 1. The molecule has 0 heterocycles. The van der Waals surface area contributed by atoms with E-state index in [2.05, 4.69) is 19.2 Å². The molecular formula is C16H22ClNO. The first-order valence-electron chi connectivity index (χ1n) is 7.10. The molecule has 1 amide bonds. The van der Waals surface area contributed by atoms with Crippen molar-refractivity contribution in [2.45, 2.75) is 44.4 Å². The number of benzene rings is 1. The molecule has 1 saturated carbocycles. The minimum atomic E-state index is 0.00562. The molecule has 1 aliphatic carbocycles. The van der Waals surface area contributed by atoms with E-state index in [1.165, 1.54) is 12.0 Å². The average molecular weight is 280 g/mol. The Morgan fingerprint density at radius 1 is 1.32 bits per heavy atom. The zero-order valence-corrected chi connectivity index (χ0v) is 12.4. The van der Waals surface area contributed by atoms with Gasteiger partial charge in [-0.3, -0.25) is 4.79 Å². The monoisotopic (exact) mass is 279 g/mol. The first kappa shape index (κ1) is 14.4. The molecule has 104 valence electrons. The van der Waals surface area contributed by atoms with Crippen LogP contribution in [0.15, 0.2) is 24.3 Å². The van der Waals surface area contributed by atoms with E-state index in [4.69, 9.17) is 11.6 Å². The van der Waals surface area contributed by atoms with E-state index in [9.17, 15) is 4.79 Å². The van der Waals surface area contributed by atoms with Crippen LogP contribution in [0, 0.1) is 5.92 Å². The summed E-state index contributed by atoms with van der Waals surface area (Å²) in [5.74, 6) is 0.930. The largest absolute Gasteiger partial charge is 0.352 e. The van der Waals surface area contributed by atoms with Gasteiger partial charge < -0.3 is 5.32 Å². The van der Waals surface area contributed by atoms with Crippen LogP contribution in [0.25, 0.3) is 0 Å². The van der Waals surface area contributed by atoms with Gasteiger partial charge in [0.2, 0.25) is 0 Å². The smallest absolute Gasteiger partial charge is 0.251 e. The quantitative estimate of drug-likeness (QED) is 0.831. The number of rotatable bonds is 4. The standard InChI is InChI=1S/C16H22ClNO/c1-11(2)12-6-8-13(9-7-12)16(19)18-10-14-4-3-5-15(14)17/h6-9,11,14-15H,3-5,10H2,1-2H3,(H,18,19). The first-order chi connectivity index (χ1) is 9.08. The summed E-state index contributed by atoms with van der Waals surface area (Å²) in [6.45, 7) is 4.99. The molecule has 2 unspecified atom stereocenters. The zero-order chi connectivity index (χ0) is 13.8. The summed E-state index contributed by atoms with van der Waals surface area (Å²) >= 11 is 6.21. The fourth-order valence-electron chi connectivity index (χ4n) is 2.57. The zero-order valence-electron chi connectivity index (χ0n) is 11.7. The molecule has 0 radical (unpaired) electrons. The second kappa shape index (κ2) is 6.42. The van der Waals surface area contributed by atoms with Crippen molar-refractivity contribution in [3.8, 4) is 0 Å². The molecule has 2 rings (SSSR count). The van der Waals surface area contributed by atoms with Crippen LogP contribution >= 0.6 is 11.6 Å². The Hall–Kier alpha value is -1.02. The summed E-state index contributed by atoms with van der Waals surface area (Å²) in [6.07, 6.45) is 3.38. The normalized spacial score (nSPS) is 22.7. The minimum Gasteiger partial charge on any atom is -0.352 e. The third kappa shape index (κ3) is 3.73. The molecular weight excluding hydrogens is 258 g/mol. The van der Waals surface area contributed by atoms with Gasteiger partial charge in [0.05, 0.1) is 0 Å². The van der Waals surface area contributed by atoms with Crippen LogP contribution in [0.5, 0.6) is 0 Å². The van der Waals surface area contributed by atoms with Crippen molar-refractivity contribution in [2.24, 2.45) is 5.92 Å². The Balaban J connectivity index is 1.89. The first-order valence-corrected chi connectivity index (χ1v) is 7.54. The number of alkyl halides is 1. The van der Waals surface area contributed by atoms with Crippen molar-refractivity contribution in [2.75, 3.05) is 6.54 Å². The van der Waals surface area contributed by atoms with Crippen LogP contribution in [0.4, 0.5) is 0 Å². The number of amides is 1. The third-order valence-corrected chi connectivity index (χ3v) is 4.51. The molecule has 1 aromatic rings. The summed E-state index contributed by atoms with van der Waals surface area (Å²) in [4.78, 5) is 12.0. The van der Waals surface area contributed by atoms with Gasteiger partial charge in [-0.2, -0.15) is 0 Å². The Labute approximate surface area is 120 Å². The van der Waals surface area contributed by atoms with E-state index in [1.54, 1.807) is 0 Å². The summed E-state index contributed by atoms with van der Waals surface area (Å²) in [6, 6.07) is 7.86. The molecule has 0 bridgehead atoms. The summed E-state index contributed by atoms with van der Waals surface area (Å²) in [7, 11) is 0. The van der Waals surface area contributed by atoms with Crippen molar-refractivity contribution in [3.05, 3.63) is 35.4 Å². The Kier molecular flexibility index (Phi) is 4.87. The molecule has 2 atom stereocenters. The number of carbonyl (C=O) groups excluding carboxylic acids is 1. The van der Waals surface area contributed by atoms with Crippen molar-refractivity contribution in [1.29, 1.82) is 0 Å². The fraction of sp³-hybridized carbons (Fsp3) is 0.562. The van der Waals surface area contributed by atoms with Gasteiger partial charge >= 0.3 is 0 Å². The molecule has 0 aliphatic heterocycles. The highest BCUT2D eigenvalue weighted by Crippen LogP contribution is 2.29. The maximum absolute atomic E-state index is 12.0. The van der Waals surface area contributed by atoms with Crippen LogP contribution in [-0.4, -0.2) is 17.8 Å². The number of hydrogen-bond acceptors (Lipinski definition) is 1. The van der Waals surface area contributed by atoms with Gasteiger partial charge in [-0.15, -0.1) is 11.6 Å². The molecule has 0 spiro atoms. The van der Waals surface area contributed by atoms with Gasteiger partial charge in [0, 0.05) is 17.5 Å². The lowest BCUT2D eigenvalue weighted by atomic mass is 10.0. The van der Waals surface area contributed by atoms with Gasteiger partial charge in [0.1, 0.15) is 0 Å². The molecule has 1 N–H and O–H groups in total. The Morgan fingerprint density at radius 2 is 2.00 bits per heavy atom. The predicted octanol–water partition coefficient (Wildman–Crippen LogP) is 3.95. The van der Waals surface area contributed by atoms with Gasteiger partial charge in [-0.1, -0.05) is 32.4 Å². The molecule has 1 fully saturated rings. The van der Waals surface area contributed by atoms with E-state index < -0.39 is 0 Å². The molecule has 0 saturated heterocycles. The van der Waals surface area contributed by atoms with Crippen LogP contribution in [0.1, 0.15) is 54.9 Å². The molecule has 3 heteroatoms. The topological polar surface area (TPSA) is 29.1 Å². The number of nitrogens with one attached hydrogen (secondary N) is 1. The summed E-state index contributed by atoms with van der Waals surface area (Å²) in [5.41, 5.74) is 1.99. The highest BCUT2D eigenvalue weighted by molar-refractivity contribution is 6.21. The lowest BCUT2D eigenvalue weighted by Gasteiger charge is -2.14. The average Bonchev–Trinajstić information content (AvgIpc) is 2.81. The van der Waals surface area contributed by atoms with E-state index in [-0.39, 0.29) is 11.3 Å². The van der Waals surface area contributed by atoms with Crippen LogP contribution < -0.4 is 5.32 Å². The maximum Gasteiger partial charge on any atom is 0.251 e. The van der Waals surface area contributed by atoms with Gasteiger partial charge in [-0.25, -0.2) is 0 Å². The van der Waals surface area contributed by atoms with Crippen molar-refractivity contribution in [3.63, 3.8) is 0 Å². The highest BCUT2D eigenvalue weighted by Gasteiger charge is 2.25. The van der Waals surface area contributed by atoms with Gasteiger partial charge in [-0.05, 0) is 42.4 Å². The molecule has 1 aliphatic rings. The van der Waals surface area contributed by atoms with Crippen LogP contribution in [0.2, 0.25) is 0 Å². The van der Waals surface area contributed by atoms with Crippen LogP contribution in [0.3, 0.4) is 0 Å². The fourth-order valence-corrected chi connectivity index (χ4v) is 2.94. The van der Waals surface area contributed by atoms with Crippen molar-refractivity contribution >= 4 is 17.5 Å². The lowest BCUT2D eigenvalue weighted by molar-refractivity contribution is 0.0947. The van der Waals surface area contributed by atoms with E-state index in [0.717, 1.165) is 18.4 Å². The Bertz CT molecular complexity index is 427. The summed E-state index contributed by atoms with van der Waals surface area (Å²) in [5, 5.41) is 3.22. The number of carbonyl (C=O) groups is 1. The third-order valence-electron chi connectivity index (χ3n) is 3.93. The van der Waals surface area contributed by atoms with Gasteiger partial charge in [0.15, 0.2) is 0 Å². The second-order valence-corrected chi connectivity index (χ2v) is 6.25. The molecule has 19 heavy (non-hydrogen) atoms. The van der Waals surface area contributed by atoms with Gasteiger partial charge in [0.25, 0.3) is 5.91 Å². The summed E-state index contributed by atoms with van der Waals surface area (Å²) < 4.78 is 0. The van der Waals surface area contributed by atoms with E-state index in [1.807, 2.05) is 24.3 Å². The lowest BCUT2D eigenvalue weighted by Crippen LogP contribution is -2.31. The second-order valence-electron chi connectivity index (χ2n) is 5.69. The van der Waals surface area contributed by atoms with E-state index >= 15 is 0 Å². The molecule has 1 aromatic carbocycles. The Morgan fingerprint density at radius 3 is 2.53 bits per heavy atom. The molecule has 0 aromatic heterocycles. The minimum absolute atomic E-state index is 0.00562. The number of halogens is 1. The maximum atomic E-state index is 12.0.